The molecule has 2 aromatic rings. The first kappa shape index (κ1) is 21.6. The first-order valence-electron chi connectivity index (χ1n) is 9.53. The Morgan fingerprint density at radius 1 is 1.36 bits per heavy atom. The third-order valence-electron chi connectivity index (χ3n) is 4.33. The number of carbonyl (C=O) groups is 1. The molecule has 156 valence electrons. The quantitative estimate of drug-likeness (QED) is 0.293. The van der Waals surface area contributed by atoms with Crippen molar-refractivity contribution in [3.05, 3.63) is 10.5 Å². The van der Waals surface area contributed by atoms with E-state index in [2.05, 4.69) is 20.3 Å². The topological polar surface area (TPSA) is 174 Å². The number of imidazole rings is 1. The van der Waals surface area contributed by atoms with Crippen LogP contribution in [0.2, 0.25) is 0 Å². The predicted molar refractivity (Wildman–Crippen MR) is 105 cm³/mol. The highest BCUT2D eigenvalue weighted by molar-refractivity contribution is 5.81. The van der Waals surface area contributed by atoms with E-state index in [0.29, 0.717) is 30.7 Å². The summed E-state index contributed by atoms with van der Waals surface area (Å²) in [5.41, 5.74) is 11.6. The zero-order valence-corrected chi connectivity index (χ0v) is 16.1. The number of rotatable bonds is 13. The Balaban J connectivity index is 2.09. The summed E-state index contributed by atoms with van der Waals surface area (Å²) in [6.45, 7) is 3.54. The van der Waals surface area contributed by atoms with Gasteiger partial charge in [-0.25, -0.2) is 4.79 Å². The summed E-state index contributed by atoms with van der Waals surface area (Å²) in [5.74, 6) is -0.799. The van der Waals surface area contributed by atoms with Crippen molar-refractivity contribution in [1.29, 1.82) is 0 Å². The number of nitrogens with zero attached hydrogens (tertiary/aromatic N) is 3. The van der Waals surface area contributed by atoms with Gasteiger partial charge in [-0.3, -0.25) is 9.36 Å². The molecule has 0 aliphatic rings. The smallest absolute Gasteiger partial charge is 0.327 e. The number of H-pyrrole nitrogens is 1. The van der Waals surface area contributed by atoms with E-state index in [9.17, 15) is 14.7 Å². The fourth-order valence-corrected chi connectivity index (χ4v) is 2.77. The zero-order valence-electron chi connectivity index (χ0n) is 16.1. The monoisotopic (exact) mass is 395 g/mol. The van der Waals surface area contributed by atoms with Gasteiger partial charge in [0.2, 0.25) is 0 Å². The Hall–Kier alpha value is -2.66. The number of hydrogen-bond acceptors (Lipinski definition) is 8. The number of nitrogens with one attached hydrogen (secondary N) is 2. The van der Waals surface area contributed by atoms with Crippen LogP contribution in [0, 0.1) is 0 Å². The molecule has 0 aliphatic carbocycles. The van der Waals surface area contributed by atoms with E-state index >= 15 is 0 Å². The molecule has 1 atom stereocenters. The van der Waals surface area contributed by atoms with E-state index < -0.39 is 17.7 Å². The molecule has 0 radical (unpaired) electrons. The molecule has 0 bridgehead atoms. The lowest BCUT2D eigenvalue weighted by Crippen LogP contribution is -2.39. The number of fused-ring (bicyclic) bond motifs is 1. The van der Waals surface area contributed by atoms with E-state index in [1.54, 1.807) is 0 Å². The maximum atomic E-state index is 12.3. The minimum atomic E-state index is -0.929. The molecule has 0 saturated carbocycles. The second-order valence-corrected chi connectivity index (χ2v) is 6.50. The zero-order chi connectivity index (χ0) is 20.5. The number of nitrogen functional groups attached to an aromatic ring is 1. The highest BCUT2D eigenvalue weighted by Gasteiger charge is 2.18. The molecule has 0 aliphatic heterocycles. The summed E-state index contributed by atoms with van der Waals surface area (Å²) in [4.78, 5) is 34.6. The number of anilines is 1. The van der Waals surface area contributed by atoms with E-state index in [-0.39, 0.29) is 24.9 Å². The van der Waals surface area contributed by atoms with E-state index in [4.69, 9.17) is 16.2 Å². The lowest BCUT2D eigenvalue weighted by molar-refractivity contribution is -0.139. The number of unbranched alkanes of at least 4 members (excludes halogenated alkanes) is 2. The van der Waals surface area contributed by atoms with Crippen LogP contribution in [0.3, 0.4) is 0 Å². The Morgan fingerprint density at radius 2 is 2.14 bits per heavy atom. The summed E-state index contributed by atoms with van der Waals surface area (Å²) in [5, 5.41) is 12.3. The van der Waals surface area contributed by atoms with Crippen LogP contribution in [0.1, 0.15) is 39.0 Å². The third-order valence-corrected chi connectivity index (χ3v) is 4.33. The third kappa shape index (κ3) is 5.67. The molecule has 2 heterocycles. The molecule has 0 aromatic carbocycles. The van der Waals surface area contributed by atoms with Crippen LogP contribution in [0.4, 0.5) is 5.82 Å². The second-order valence-electron chi connectivity index (χ2n) is 6.50. The van der Waals surface area contributed by atoms with E-state index in [1.165, 1.54) is 4.57 Å². The van der Waals surface area contributed by atoms with Crippen molar-refractivity contribution in [2.45, 2.75) is 51.6 Å². The van der Waals surface area contributed by atoms with Gasteiger partial charge in [0.15, 0.2) is 11.5 Å². The normalized spacial score (nSPS) is 12.4. The van der Waals surface area contributed by atoms with Gasteiger partial charge in [-0.2, -0.15) is 9.97 Å². The van der Waals surface area contributed by atoms with Crippen molar-refractivity contribution in [1.82, 2.24) is 24.8 Å². The summed E-state index contributed by atoms with van der Waals surface area (Å²) in [7, 11) is 0. The minimum absolute atomic E-state index is 0.115. The van der Waals surface area contributed by atoms with Crippen molar-refractivity contribution in [3.63, 3.8) is 0 Å². The molecule has 0 fully saturated rings. The number of aromatic nitrogens is 4. The largest absolute Gasteiger partial charge is 0.480 e. The van der Waals surface area contributed by atoms with Gasteiger partial charge in [0.05, 0.1) is 6.61 Å². The predicted octanol–water partition coefficient (Wildman–Crippen LogP) is 0.0525. The highest BCUT2D eigenvalue weighted by Crippen LogP contribution is 2.17. The van der Waals surface area contributed by atoms with Gasteiger partial charge in [-0.1, -0.05) is 19.8 Å². The van der Waals surface area contributed by atoms with Crippen LogP contribution >= 0.6 is 0 Å². The second kappa shape index (κ2) is 10.6. The lowest BCUT2D eigenvalue weighted by atomic mass is 10.1. The van der Waals surface area contributed by atoms with Gasteiger partial charge in [0.1, 0.15) is 11.6 Å². The van der Waals surface area contributed by atoms with Gasteiger partial charge in [0.25, 0.3) is 0 Å². The Labute approximate surface area is 162 Å². The fraction of sp³-hybridized carbons (Fsp3) is 0.647. The van der Waals surface area contributed by atoms with Crippen molar-refractivity contribution in [2.75, 3.05) is 25.4 Å². The highest BCUT2D eigenvalue weighted by atomic mass is 16.5. The van der Waals surface area contributed by atoms with Crippen LogP contribution in [0.15, 0.2) is 4.79 Å². The van der Waals surface area contributed by atoms with E-state index in [1.807, 2.05) is 6.92 Å². The number of carboxylic acid groups (broad SMARTS) is 1. The average molecular weight is 395 g/mol. The molecule has 0 unspecified atom stereocenters. The summed E-state index contributed by atoms with van der Waals surface area (Å²) < 4.78 is 6.89. The van der Waals surface area contributed by atoms with Crippen LogP contribution < -0.4 is 27.2 Å². The Bertz CT molecular complexity index is 833. The van der Waals surface area contributed by atoms with Crippen molar-refractivity contribution in [3.8, 4) is 6.01 Å². The molecule has 0 saturated heterocycles. The average Bonchev–Trinajstić information content (AvgIpc) is 2.97. The number of aromatic amines is 1. The molecular formula is C17H29N7O4. The maximum absolute atomic E-state index is 12.3. The molecular weight excluding hydrogens is 366 g/mol. The number of aliphatic carboxylic acids is 1. The van der Waals surface area contributed by atoms with Crippen LogP contribution in [0.25, 0.3) is 11.2 Å². The molecule has 0 spiro atoms. The first-order valence-corrected chi connectivity index (χ1v) is 9.53. The number of ether oxygens (including phenoxy) is 1. The van der Waals surface area contributed by atoms with Crippen molar-refractivity contribution >= 4 is 23.0 Å². The molecule has 2 aromatic heterocycles. The number of hydrogen-bond donors (Lipinski definition) is 5. The first-order chi connectivity index (χ1) is 13.5. The molecule has 28 heavy (non-hydrogen) atoms. The van der Waals surface area contributed by atoms with Crippen molar-refractivity contribution < 1.29 is 14.6 Å². The molecule has 7 N–H and O–H groups in total. The summed E-state index contributed by atoms with van der Waals surface area (Å²) in [6, 6.07) is -0.579. The van der Waals surface area contributed by atoms with Crippen LogP contribution in [-0.2, 0) is 11.3 Å². The number of nitrogens with two attached hydrogens (primary N) is 2. The molecule has 2 rings (SSSR count). The van der Waals surface area contributed by atoms with Gasteiger partial charge in [-0.15, -0.1) is 0 Å². The minimum Gasteiger partial charge on any atom is -0.480 e. The summed E-state index contributed by atoms with van der Waals surface area (Å²) in [6.07, 6.45) is 3.78. The SMILES string of the molecule is CCCCOc1nc(N)c2[nH]c(=O)n(CCN[C@@H](CCCCN)C(=O)O)c2n1. The molecule has 0 amide bonds. The Morgan fingerprint density at radius 3 is 2.82 bits per heavy atom. The van der Waals surface area contributed by atoms with Crippen molar-refractivity contribution in [2.24, 2.45) is 5.73 Å². The molecule has 11 heteroatoms. The fourth-order valence-electron chi connectivity index (χ4n) is 2.77. The van der Waals surface area contributed by atoms with E-state index in [0.717, 1.165) is 25.7 Å². The van der Waals surface area contributed by atoms with Gasteiger partial charge < -0.3 is 31.6 Å². The standard InChI is InChI=1S/C17H29N7O4/c1-2-3-10-28-16-22-13(19)12-14(23-16)24(17(27)21-12)9-8-20-11(15(25)26)6-4-5-7-18/h11,20H,2-10,18H2,1H3,(H,21,27)(H,25,26)(H2,19,22,23)/t11-/m0/s1. The Kier molecular flexibility index (Phi) is 8.20. The van der Waals surface area contributed by atoms with Crippen LogP contribution in [-0.4, -0.2) is 56.3 Å². The van der Waals surface area contributed by atoms with Gasteiger partial charge >= 0.3 is 17.7 Å². The number of carboxylic acids is 1. The lowest BCUT2D eigenvalue weighted by Gasteiger charge is -2.14. The molecule has 11 nitrogen and oxygen atoms in total. The van der Waals surface area contributed by atoms with Crippen LogP contribution in [0.5, 0.6) is 6.01 Å². The van der Waals surface area contributed by atoms with Gasteiger partial charge in [-0.05, 0) is 25.8 Å². The summed E-state index contributed by atoms with van der Waals surface area (Å²) >= 11 is 0. The van der Waals surface area contributed by atoms with Gasteiger partial charge in [0, 0.05) is 13.1 Å². The maximum Gasteiger partial charge on any atom is 0.327 e.